The average molecular weight is 280 g/mol. The van der Waals surface area contributed by atoms with Crippen LogP contribution in [0.15, 0.2) is 57.7 Å². The Morgan fingerprint density at radius 1 is 1.22 bits per heavy atom. The van der Waals surface area contributed by atoms with E-state index in [1.54, 1.807) is 12.3 Å². The summed E-state index contributed by atoms with van der Waals surface area (Å²) in [6, 6.07) is 11.1. The quantitative estimate of drug-likeness (QED) is 0.392. The zero-order valence-corrected chi connectivity index (χ0v) is 10.8. The van der Waals surface area contributed by atoms with Gasteiger partial charge in [0, 0.05) is 21.7 Å². The molecular formula is C12H10ClN3OS. The van der Waals surface area contributed by atoms with Crippen LogP contribution in [0.5, 0.6) is 0 Å². The highest BCUT2D eigenvalue weighted by Gasteiger charge is 2.02. The molecule has 0 saturated heterocycles. The van der Waals surface area contributed by atoms with Crippen LogP contribution in [0.25, 0.3) is 0 Å². The summed E-state index contributed by atoms with van der Waals surface area (Å²) in [5.74, 6) is 0.0468. The second-order valence-corrected chi connectivity index (χ2v) is 4.96. The number of hydrogen-bond donors (Lipinski definition) is 2. The van der Waals surface area contributed by atoms with Gasteiger partial charge < -0.3 is 10.9 Å². The molecule has 0 atom stereocenters. The van der Waals surface area contributed by atoms with Crippen LogP contribution in [0.3, 0.4) is 0 Å². The van der Waals surface area contributed by atoms with Gasteiger partial charge >= 0.3 is 0 Å². The van der Waals surface area contributed by atoms with Crippen LogP contribution in [0.4, 0.5) is 0 Å². The molecule has 2 aromatic rings. The third kappa shape index (κ3) is 3.15. The molecule has 0 amide bonds. The van der Waals surface area contributed by atoms with Crippen molar-refractivity contribution < 1.29 is 5.21 Å². The number of hydrogen-bond acceptors (Lipinski definition) is 4. The van der Waals surface area contributed by atoms with Gasteiger partial charge in [-0.3, -0.25) is 0 Å². The van der Waals surface area contributed by atoms with Crippen LogP contribution in [0, 0.1) is 0 Å². The molecule has 1 heterocycles. The van der Waals surface area contributed by atoms with Crippen molar-refractivity contribution in [3.63, 3.8) is 0 Å². The Morgan fingerprint density at radius 2 is 1.94 bits per heavy atom. The van der Waals surface area contributed by atoms with Crippen molar-refractivity contribution in [1.82, 2.24) is 4.98 Å². The standard InChI is InChI=1S/C12H10ClN3OS/c13-9-2-4-10(5-3-9)18-11-6-1-8(7-15-11)12(14)16-17/h1-7,17H,(H2,14,16). The summed E-state index contributed by atoms with van der Waals surface area (Å²) in [5, 5.41) is 13.0. The first kappa shape index (κ1) is 12.7. The number of oxime groups is 1. The van der Waals surface area contributed by atoms with Gasteiger partial charge in [0.05, 0.1) is 0 Å². The number of nitrogens with two attached hydrogens (primary N) is 1. The van der Waals surface area contributed by atoms with Crippen LogP contribution in [0.1, 0.15) is 5.56 Å². The maximum atomic E-state index is 8.54. The Balaban J connectivity index is 2.13. The lowest BCUT2D eigenvalue weighted by Crippen LogP contribution is -2.13. The number of rotatable bonds is 3. The second-order valence-electron chi connectivity index (χ2n) is 3.43. The first-order valence-electron chi connectivity index (χ1n) is 5.06. The van der Waals surface area contributed by atoms with Gasteiger partial charge in [-0.1, -0.05) is 28.5 Å². The first-order valence-corrected chi connectivity index (χ1v) is 6.26. The summed E-state index contributed by atoms with van der Waals surface area (Å²) in [7, 11) is 0. The van der Waals surface area contributed by atoms with Gasteiger partial charge in [-0.05, 0) is 36.4 Å². The number of aromatic nitrogens is 1. The molecule has 1 aromatic heterocycles. The fourth-order valence-electron chi connectivity index (χ4n) is 1.27. The Morgan fingerprint density at radius 3 is 2.50 bits per heavy atom. The average Bonchev–Trinajstić information content (AvgIpc) is 2.41. The van der Waals surface area contributed by atoms with E-state index in [0.29, 0.717) is 10.6 Å². The second kappa shape index (κ2) is 5.75. The highest BCUT2D eigenvalue weighted by molar-refractivity contribution is 7.99. The number of amidine groups is 1. The zero-order chi connectivity index (χ0) is 13.0. The summed E-state index contributed by atoms with van der Waals surface area (Å²) < 4.78 is 0. The van der Waals surface area contributed by atoms with E-state index >= 15 is 0 Å². The molecule has 3 N–H and O–H groups in total. The van der Waals surface area contributed by atoms with E-state index < -0.39 is 0 Å². The molecule has 18 heavy (non-hydrogen) atoms. The minimum atomic E-state index is 0.0468. The van der Waals surface area contributed by atoms with E-state index in [0.717, 1.165) is 9.92 Å². The third-order valence-corrected chi connectivity index (χ3v) is 3.39. The minimum Gasteiger partial charge on any atom is -0.409 e. The van der Waals surface area contributed by atoms with Crippen molar-refractivity contribution in [3.05, 3.63) is 53.2 Å². The van der Waals surface area contributed by atoms with E-state index in [1.807, 2.05) is 30.3 Å². The SMILES string of the molecule is N/C(=N\O)c1ccc(Sc2ccc(Cl)cc2)nc1. The molecule has 0 bridgehead atoms. The third-order valence-electron chi connectivity index (χ3n) is 2.18. The van der Waals surface area contributed by atoms with Crippen molar-refractivity contribution in [2.75, 3.05) is 0 Å². The van der Waals surface area contributed by atoms with E-state index in [4.69, 9.17) is 22.5 Å². The molecule has 0 aliphatic heterocycles. The number of pyridine rings is 1. The van der Waals surface area contributed by atoms with Gasteiger partial charge in [-0.25, -0.2) is 4.98 Å². The topological polar surface area (TPSA) is 71.5 Å². The minimum absolute atomic E-state index is 0.0468. The molecule has 0 aliphatic carbocycles. The Labute approximate surface area is 113 Å². The molecule has 2 rings (SSSR count). The highest BCUT2D eigenvalue weighted by atomic mass is 35.5. The van der Waals surface area contributed by atoms with E-state index in [1.165, 1.54) is 11.8 Å². The maximum absolute atomic E-state index is 8.54. The molecule has 0 saturated carbocycles. The van der Waals surface area contributed by atoms with Crippen LogP contribution in [-0.2, 0) is 0 Å². The lowest BCUT2D eigenvalue weighted by atomic mass is 10.3. The molecule has 0 radical (unpaired) electrons. The molecule has 4 nitrogen and oxygen atoms in total. The summed E-state index contributed by atoms with van der Waals surface area (Å²) in [4.78, 5) is 5.27. The monoisotopic (exact) mass is 279 g/mol. The zero-order valence-electron chi connectivity index (χ0n) is 9.25. The smallest absolute Gasteiger partial charge is 0.171 e. The number of halogens is 1. The van der Waals surface area contributed by atoms with E-state index in [9.17, 15) is 0 Å². The van der Waals surface area contributed by atoms with Crippen molar-refractivity contribution in [2.24, 2.45) is 10.9 Å². The Bertz CT molecular complexity index is 555. The predicted octanol–water partition coefficient (Wildman–Crippen LogP) is 2.98. The molecular weight excluding hydrogens is 270 g/mol. The van der Waals surface area contributed by atoms with Crippen LogP contribution in [0.2, 0.25) is 5.02 Å². The highest BCUT2D eigenvalue weighted by Crippen LogP contribution is 2.26. The molecule has 1 aromatic carbocycles. The molecule has 0 spiro atoms. The molecule has 0 fully saturated rings. The van der Waals surface area contributed by atoms with Gasteiger partial charge in [-0.15, -0.1) is 0 Å². The predicted molar refractivity (Wildman–Crippen MR) is 72.3 cm³/mol. The summed E-state index contributed by atoms with van der Waals surface area (Å²) >= 11 is 7.32. The van der Waals surface area contributed by atoms with E-state index in [-0.39, 0.29) is 5.84 Å². The lowest BCUT2D eigenvalue weighted by Gasteiger charge is -2.02. The van der Waals surface area contributed by atoms with Crippen molar-refractivity contribution in [3.8, 4) is 0 Å². The molecule has 6 heteroatoms. The fraction of sp³-hybridized carbons (Fsp3) is 0. The largest absolute Gasteiger partial charge is 0.409 e. The Kier molecular flexibility index (Phi) is 4.07. The normalized spacial score (nSPS) is 11.5. The van der Waals surface area contributed by atoms with E-state index in [2.05, 4.69) is 10.1 Å². The number of benzene rings is 1. The summed E-state index contributed by atoms with van der Waals surface area (Å²) in [5.41, 5.74) is 6.03. The molecule has 92 valence electrons. The van der Waals surface area contributed by atoms with Crippen molar-refractivity contribution >= 4 is 29.2 Å². The molecule has 0 unspecified atom stereocenters. The lowest BCUT2D eigenvalue weighted by molar-refractivity contribution is 0.318. The Hall–Kier alpha value is -1.72. The maximum Gasteiger partial charge on any atom is 0.171 e. The van der Waals surface area contributed by atoms with Gasteiger partial charge in [0.25, 0.3) is 0 Å². The van der Waals surface area contributed by atoms with Crippen molar-refractivity contribution in [2.45, 2.75) is 9.92 Å². The van der Waals surface area contributed by atoms with Gasteiger partial charge in [0.2, 0.25) is 0 Å². The van der Waals surface area contributed by atoms with Gasteiger partial charge in [0.1, 0.15) is 5.03 Å². The first-order chi connectivity index (χ1) is 8.69. The summed E-state index contributed by atoms with van der Waals surface area (Å²) in [6.45, 7) is 0. The van der Waals surface area contributed by atoms with Crippen LogP contribution in [-0.4, -0.2) is 16.0 Å². The van der Waals surface area contributed by atoms with Crippen LogP contribution >= 0.6 is 23.4 Å². The van der Waals surface area contributed by atoms with Crippen LogP contribution < -0.4 is 5.73 Å². The number of nitrogens with zero attached hydrogens (tertiary/aromatic N) is 2. The van der Waals surface area contributed by atoms with Gasteiger partial charge in [0.15, 0.2) is 5.84 Å². The molecule has 0 aliphatic rings. The fourth-order valence-corrected chi connectivity index (χ4v) is 2.15. The van der Waals surface area contributed by atoms with Gasteiger partial charge in [-0.2, -0.15) is 0 Å². The van der Waals surface area contributed by atoms with Crippen molar-refractivity contribution in [1.29, 1.82) is 0 Å². The summed E-state index contributed by atoms with van der Waals surface area (Å²) in [6.07, 6.45) is 1.56.